The predicted molar refractivity (Wildman–Crippen MR) is 86.6 cm³/mol. The number of carbonyl (C=O) groups is 1. The van der Waals surface area contributed by atoms with E-state index < -0.39 is 0 Å². The van der Waals surface area contributed by atoms with Gasteiger partial charge in [-0.1, -0.05) is 18.2 Å². The third-order valence-corrected chi connectivity index (χ3v) is 4.82. The van der Waals surface area contributed by atoms with E-state index >= 15 is 0 Å². The lowest BCUT2D eigenvalue weighted by Crippen LogP contribution is -2.25. The highest BCUT2D eigenvalue weighted by atomic mass is 32.1. The summed E-state index contributed by atoms with van der Waals surface area (Å²) in [4.78, 5) is 23.8. The SMILES string of the molecule is Cc1csc(N(C(=O)c2scnc2C)c2ccccc2)n1. The number of anilines is 2. The number of hydrogen-bond donors (Lipinski definition) is 0. The van der Waals surface area contributed by atoms with Crippen LogP contribution in [0.25, 0.3) is 0 Å². The zero-order valence-corrected chi connectivity index (χ0v) is 13.2. The number of aryl methyl sites for hydroxylation is 2. The molecule has 0 spiro atoms. The molecule has 0 saturated heterocycles. The molecule has 0 aliphatic heterocycles. The van der Waals surface area contributed by atoms with Crippen molar-refractivity contribution >= 4 is 39.4 Å². The molecule has 2 aromatic heterocycles. The Morgan fingerprint density at radius 1 is 1.14 bits per heavy atom. The van der Waals surface area contributed by atoms with Gasteiger partial charge in [0.2, 0.25) is 0 Å². The van der Waals surface area contributed by atoms with Gasteiger partial charge in [0.25, 0.3) is 5.91 Å². The maximum absolute atomic E-state index is 12.9. The van der Waals surface area contributed by atoms with Crippen molar-refractivity contribution in [2.24, 2.45) is 0 Å². The van der Waals surface area contributed by atoms with Crippen molar-refractivity contribution in [3.05, 3.63) is 57.5 Å². The van der Waals surface area contributed by atoms with Crippen molar-refractivity contribution in [1.29, 1.82) is 0 Å². The van der Waals surface area contributed by atoms with Crippen LogP contribution in [0.2, 0.25) is 0 Å². The van der Waals surface area contributed by atoms with Gasteiger partial charge in [0.1, 0.15) is 4.88 Å². The van der Waals surface area contributed by atoms with E-state index in [-0.39, 0.29) is 5.91 Å². The van der Waals surface area contributed by atoms with Crippen LogP contribution in [0.5, 0.6) is 0 Å². The molecule has 0 N–H and O–H groups in total. The van der Waals surface area contributed by atoms with E-state index in [0.29, 0.717) is 10.0 Å². The Balaban J connectivity index is 2.09. The highest BCUT2D eigenvalue weighted by Crippen LogP contribution is 2.31. The molecule has 0 atom stereocenters. The van der Waals surface area contributed by atoms with Crippen LogP contribution < -0.4 is 4.90 Å². The highest BCUT2D eigenvalue weighted by molar-refractivity contribution is 7.14. The van der Waals surface area contributed by atoms with E-state index in [1.165, 1.54) is 22.7 Å². The number of carbonyl (C=O) groups excluding carboxylic acids is 1. The molecule has 0 radical (unpaired) electrons. The molecule has 0 saturated carbocycles. The second-order valence-corrected chi connectivity index (χ2v) is 6.21. The highest BCUT2D eigenvalue weighted by Gasteiger charge is 2.24. The van der Waals surface area contributed by atoms with Gasteiger partial charge >= 0.3 is 0 Å². The predicted octanol–water partition coefficient (Wildman–Crippen LogP) is 4.19. The molecule has 0 fully saturated rings. The van der Waals surface area contributed by atoms with Crippen LogP contribution in [0.1, 0.15) is 21.1 Å². The summed E-state index contributed by atoms with van der Waals surface area (Å²) in [5, 5.41) is 2.62. The van der Waals surface area contributed by atoms with Gasteiger partial charge in [-0.3, -0.25) is 9.69 Å². The van der Waals surface area contributed by atoms with E-state index in [4.69, 9.17) is 0 Å². The van der Waals surface area contributed by atoms with E-state index in [0.717, 1.165) is 17.1 Å². The normalized spacial score (nSPS) is 10.6. The number of hydrogen-bond acceptors (Lipinski definition) is 5. The second-order valence-electron chi connectivity index (χ2n) is 4.51. The molecular formula is C15H13N3OS2. The summed E-state index contributed by atoms with van der Waals surface area (Å²) in [6, 6.07) is 9.57. The number of benzene rings is 1. The van der Waals surface area contributed by atoms with Gasteiger partial charge < -0.3 is 0 Å². The van der Waals surface area contributed by atoms with Crippen LogP contribution in [0, 0.1) is 13.8 Å². The standard InChI is InChI=1S/C15H13N3OS2/c1-10-8-20-15(17-10)18(12-6-4-3-5-7-12)14(19)13-11(2)16-9-21-13/h3-9H,1-2H3. The van der Waals surface area contributed by atoms with Crippen molar-refractivity contribution < 1.29 is 4.79 Å². The topological polar surface area (TPSA) is 46.1 Å². The molecule has 1 amide bonds. The van der Waals surface area contributed by atoms with Crippen LogP contribution in [0.3, 0.4) is 0 Å². The van der Waals surface area contributed by atoms with Gasteiger partial charge in [-0.05, 0) is 26.0 Å². The monoisotopic (exact) mass is 315 g/mol. The average Bonchev–Trinajstić information content (AvgIpc) is 3.09. The first-order valence-electron chi connectivity index (χ1n) is 6.38. The lowest BCUT2D eigenvalue weighted by molar-refractivity contribution is 0.100. The molecule has 0 aliphatic rings. The Morgan fingerprint density at radius 3 is 2.48 bits per heavy atom. The van der Waals surface area contributed by atoms with Gasteiger partial charge in [0.15, 0.2) is 5.13 Å². The third kappa shape index (κ3) is 2.72. The Bertz CT molecular complexity index is 764. The smallest absolute Gasteiger partial charge is 0.267 e. The minimum atomic E-state index is -0.0875. The molecule has 106 valence electrons. The lowest BCUT2D eigenvalue weighted by Gasteiger charge is -2.19. The fourth-order valence-corrected chi connectivity index (χ4v) is 3.50. The third-order valence-electron chi connectivity index (χ3n) is 2.96. The fourth-order valence-electron chi connectivity index (χ4n) is 1.94. The molecule has 6 heteroatoms. The molecule has 3 rings (SSSR count). The van der Waals surface area contributed by atoms with Crippen molar-refractivity contribution in [2.75, 3.05) is 4.90 Å². The Labute approximate surface area is 130 Å². The van der Waals surface area contributed by atoms with Crippen LogP contribution in [0.4, 0.5) is 10.8 Å². The summed E-state index contributed by atoms with van der Waals surface area (Å²) < 4.78 is 0. The Morgan fingerprint density at radius 2 is 1.90 bits per heavy atom. The molecule has 21 heavy (non-hydrogen) atoms. The van der Waals surface area contributed by atoms with Gasteiger partial charge in [-0.2, -0.15) is 0 Å². The zero-order valence-electron chi connectivity index (χ0n) is 11.6. The molecule has 1 aromatic carbocycles. The first-order valence-corrected chi connectivity index (χ1v) is 8.14. The van der Waals surface area contributed by atoms with Gasteiger partial charge in [0, 0.05) is 5.38 Å². The van der Waals surface area contributed by atoms with Crippen LogP contribution in [-0.2, 0) is 0 Å². The van der Waals surface area contributed by atoms with Crippen molar-refractivity contribution in [1.82, 2.24) is 9.97 Å². The number of amides is 1. The lowest BCUT2D eigenvalue weighted by atomic mass is 10.2. The van der Waals surface area contributed by atoms with E-state index in [2.05, 4.69) is 9.97 Å². The molecule has 0 bridgehead atoms. The zero-order chi connectivity index (χ0) is 14.8. The van der Waals surface area contributed by atoms with Crippen LogP contribution in [-0.4, -0.2) is 15.9 Å². The minimum Gasteiger partial charge on any atom is -0.267 e. The summed E-state index contributed by atoms with van der Waals surface area (Å²) in [6.07, 6.45) is 0. The molecule has 3 aromatic rings. The Hall–Kier alpha value is -2.05. The summed E-state index contributed by atoms with van der Waals surface area (Å²) in [5.74, 6) is -0.0875. The summed E-state index contributed by atoms with van der Waals surface area (Å²) >= 11 is 2.82. The van der Waals surface area contributed by atoms with Gasteiger partial charge in [-0.25, -0.2) is 9.97 Å². The van der Waals surface area contributed by atoms with Gasteiger partial charge in [0.05, 0.1) is 22.6 Å². The van der Waals surface area contributed by atoms with Gasteiger partial charge in [-0.15, -0.1) is 22.7 Å². The van der Waals surface area contributed by atoms with Crippen LogP contribution >= 0.6 is 22.7 Å². The summed E-state index contributed by atoms with van der Waals surface area (Å²) in [7, 11) is 0. The van der Waals surface area contributed by atoms with Crippen molar-refractivity contribution in [3.8, 4) is 0 Å². The quantitative estimate of drug-likeness (QED) is 0.728. The van der Waals surface area contributed by atoms with E-state index in [9.17, 15) is 4.79 Å². The first-order chi connectivity index (χ1) is 10.2. The fraction of sp³-hybridized carbons (Fsp3) is 0.133. The first kappa shape index (κ1) is 13.9. The summed E-state index contributed by atoms with van der Waals surface area (Å²) in [5.41, 5.74) is 4.16. The number of aromatic nitrogens is 2. The number of rotatable bonds is 3. The number of nitrogens with zero attached hydrogens (tertiary/aromatic N) is 3. The molecule has 0 unspecified atom stereocenters. The van der Waals surface area contributed by atoms with E-state index in [1.54, 1.807) is 10.4 Å². The maximum Gasteiger partial charge on any atom is 0.276 e. The number of para-hydroxylation sites is 1. The second kappa shape index (κ2) is 5.75. The van der Waals surface area contributed by atoms with Crippen molar-refractivity contribution in [2.45, 2.75) is 13.8 Å². The Kier molecular flexibility index (Phi) is 3.81. The van der Waals surface area contributed by atoms with Crippen molar-refractivity contribution in [3.63, 3.8) is 0 Å². The molecule has 0 aliphatic carbocycles. The van der Waals surface area contributed by atoms with Crippen LogP contribution in [0.15, 0.2) is 41.2 Å². The molecule has 4 nitrogen and oxygen atoms in total. The van der Waals surface area contributed by atoms with E-state index in [1.807, 2.05) is 49.6 Å². The maximum atomic E-state index is 12.9. The largest absolute Gasteiger partial charge is 0.276 e. The average molecular weight is 315 g/mol. The minimum absolute atomic E-state index is 0.0875. The molecular weight excluding hydrogens is 302 g/mol. The summed E-state index contributed by atoms with van der Waals surface area (Å²) in [6.45, 7) is 3.77. The molecule has 2 heterocycles. The number of thiazole rings is 2.